The summed E-state index contributed by atoms with van der Waals surface area (Å²) in [6.07, 6.45) is 0.799. The van der Waals surface area contributed by atoms with E-state index in [1.54, 1.807) is 12.1 Å². The first-order chi connectivity index (χ1) is 8.96. The van der Waals surface area contributed by atoms with Gasteiger partial charge in [-0.25, -0.2) is 8.42 Å². The second-order valence-electron chi connectivity index (χ2n) is 4.27. The van der Waals surface area contributed by atoms with Crippen molar-refractivity contribution in [2.75, 3.05) is 13.7 Å². The van der Waals surface area contributed by atoms with Crippen molar-refractivity contribution < 1.29 is 23.1 Å². The molecule has 0 radical (unpaired) electrons. The van der Waals surface area contributed by atoms with Gasteiger partial charge in [-0.3, -0.25) is 0 Å². The molecule has 1 unspecified atom stereocenters. The van der Waals surface area contributed by atoms with Crippen LogP contribution in [0.15, 0.2) is 29.2 Å². The molecule has 0 N–H and O–H groups in total. The Balaban J connectivity index is 2.38. The van der Waals surface area contributed by atoms with Crippen molar-refractivity contribution in [3.8, 4) is 5.75 Å². The molecule has 0 aromatic heterocycles. The van der Waals surface area contributed by atoms with Crippen LogP contribution in [0.5, 0.6) is 5.75 Å². The zero-order chi connectivity index (χ0) is 14.0. The van der Waals surface area contributed by atoms with Crippen LogP contribution >= 0.6 is 0 Å². The average molecular weight is 284 g/mol. The molecule has 2 rings (SSSR count). The van der Waals surface area contributed by atoms with Crippen LogP contribution in [-0.2, 0) is 14.8 Å². The van der Waals surface area contributed by atoms with E-state index in [-0.39, 0.29) is 17.9 Å². The number of carboxylic acids is 1. The summed E-state index contributed by atoms with van der Waals surface area (Å²) in [5.41, 5.74) is 0. The predicted molar refractivity (Wildman–Crippen MR) is 64.9 cm³/mol. The quantitative estimate of drug-likeness (QED) is 0.750. The highest BCUT2D eigenvalue weighted by Crippen LogP contribution is 2.27. The number of hydrogen-bond acceptors (Lipinski definition) is 5. The summed E-state index contributed by atoms with van der Waals surface area (Å²) in [6, 6.07) is 4.88. The second kappa shape index (κ2) is 5.18. The number of ether oxygens (including phenoxy) is 1. The third kappa shape index (κ3) is 2.57. The first-order valence-electron chi connectivity index (χ1n) is 5.83. The Morgan fingerprint density at radius 1 is 1.47 bits per heavy atom. The molecule has 1 aliphatic rings. The molecule has 0 spiro atoms. The van der Waals surface area contributed by atoms with Crippen LogP contribution in [-0.4, -0.2) is 38.4 Å². The van der Waals surface area contributed by atoms with Crippen molar-refractivity contribution in [1.82, 2.24) is 4.31 Å². The topological polar surface area (TPSA) is 86.7 Å². The average Bonchev–Trinajstić information content (AvgIpc) is 2.89. The summed E-state index contributed by atoms with van der Waals surface area (Å²) >= 11 is 0. The number of rotatable bonds is 4. The van der Waals surface area contributed by atoms with Crippen LogP contribution in [0.3, 0.4) is 0 Å². The SMILES string of the molecule is COc1cccc(S(=O)(=O)N2CCCC2C(=O)[O-])c1. The molecule has 1 atom stereocenters. The molecule has 1 aliphatic heterocycles. The standard InChI is InChI=1S/C12H15NO5S/c1-18-9-4-2-5-10(8-9)19(16,17)13-7-3-6-11(13)12(14)15/h2,4-5,8,11H,3,6-7H2,1H3,(H,14,15)/p-1. The van der Waals surface area contributed by atoms with Gasteiger partial charge in [0.15, 0.2) is 0 Å². The second-order valence-corrected chi connectivity index (χ2v) is 6.16. The van der Waals surface area contributed by atoms with E-state index >= 15 is 0 Å². The summed E-state index contributed by atoms with van der Waals surface area (Å²) < 4.78 is 30.8. The molecular formula is C12H14NO5S-. The Hall–Kier alpha value is -1.60. The molecule has 104 valence electrons. The van der Waals surface area contributed by atoms with Crippen LogP contribution in [0.2, 0.25) is 0 Å². The summed E-state index contributed by atoms with van der Waals surface area (Å²) in [4.78, 5) is 11.0. The lowest BCUT2D eigenvalue weighted by Gasteiger charge is -2.24. The number of sulfonamides is 1. The van der Waals surface area contributed by atoms with Gasteiger partial charge >= 0.3 is 0 Å². The van der Waals surface area contributed by atoms with Crippen LogP contribution in [0.1, 0.15) is 12.8 Å². The summed E-state index contributed by atoms with van der Waals surface area (Å²) in [6.45, 7) is 0.193. The van der Waals surface area contributed by atoms with Crippen molar-refractivity contribution in [2.45, 2.75) is 23.8 Å². The van der Waals surface area contributed by atoms with Gasteiger partial charge in [0.05, 0.1) is 24.0 Å². The number of carbonyl (C=O) groups excluding carboxylic acids is 1. The Morgan fingerprint density at radius 3 is 2.84 bits per heavy atom. The Kier molecular flexibility index (Phi) is 3.77. The smallest absolute Gasteiger partial charge is 0.243 e. The largest absolute Gasteiger partial charge is 0.548 e. The van der Waals surface area contributed by atoms with Crippen molar-refractivity contribution in [3.63, 3.8) is 0 Å². The lowest BCUT2D eigenvalue weighted by Crippen LogP contribution is -2.46. The van der Waals surface area contributed by atoms with Crippen LogP contribution < -0.4 is 9.84 Å². The number of carbonyl (C=O) groups is 1. The number of nitrogens with zero attached hydrogens (tertiary/aromatic N) is 1. The number of benzene rings is 1. The number of carboxylic acid groups (broad SMARTS) is 1. The van der Waals surface area contributed by atoms with E-state index in [1.165, 1.54) is 19.2 Å². The van der Waals surface area contributed by atoms with E-state index in [9.17, 15) is 18.3 Å². The molecule has 19 heavy (non-hydrogen) atoms. The van der Waals surface area contributed by atoms with Gasteiger partial charge in [0.1, 0.15) is 5.75 Å². The zero-order valence-corrected chi connectivity index (χ0v) is 11.2. The monoisotopic (exact) mass is 284 g/mol. The van der Waals surface area contributed by atoms with E-state index in [4.69, 9.17) is 4.74 Å². The minimum absolute atomic E-state index is 0.0278. The minimum atomic E-state index is -3.83. The van der Waals surface area contributed by atoms with E-state index in [0.29, 0.717) is 12.2 Å². The predicted octanol–water partition coefficient (Wildman–Crippen LogP) is -0.402. The molecule has 0 saturated carbocycles. The highest BCUT2D eigenvalue weighted by atomic mass is 32.2. The minimum Gasteiger partial charge on any atom is -0.548 e. The molecular weight excluding hydrogens is 270 g/mol. The molecule has 0 aliphatic carbocycles. The van der Waals surface area contributed by atoms with Gasteiger partial charge in [-0.15, -0.1) is 0 Å². The Morgan fingerprint density at radius 2 is 2.21 bits per heavy atom. The van der Waals surface area contributed by atoms with Crippen molar-refractivity contribution in [3.05, 3.63) is 24.3 Å². The lowest BCUT2D eigenvalue weighted by molar-refractivity contribution is -0.309. The van der Waals surface area contributed by atoms with Crippen LogP contribution in [0, 0.1) is 0 Å². The van der Waals surface area contributed by atoms with Crippen molar-refractivity contribution in [1.29, 1.82) is 0 Å². The van der Waals surface area contributed by atoms with Gasteiger partial charge in [0.25, 0.3) is 0 Å². The first-order valence-corrected chi connectivity index (χ1v) is 7.27. The normalized spacial score (nSPS) is 20.4. The molecule has 1 fully saturated rings. The fourth-order valence-corrected chi connectivity index (χ4v) is 3.84. The maximum absolute atomic E-state index is 12.4. The molecule has 7 heteroatoms. The molecule has 1 aromatic rings. The Labute approximate surface area is 111 Å². The lowest BCUT2D eigenvalue weighted by atomic mass is 10.2. The van der Waals surface area contributed by atoms with Gasteiger partial charge in [-0.1, -0.05) is 6.07 Å². The van der Waals surface area contributed by atoms with Crippen molar-refractivity contribution >= 4 is 16.0 Å². The Bertz CT molecular complexity index is 584. The van der Waals surface area contributed by atoms with Crippen LogP contribution in [0.4, 0.5) is 0 Å². The third-order valence-corrected chi connectivity index (χ3v) is 5.03. The fraction of sp³-hybridized carbons (Fsp3) is 0.417. The molecule has 0 bridgehead atoms. The van der Waals surface area contributed by atoms with E-state index in [0.717, 1.165) is 4.31 Å². The van der Waals surface area contributed by atoms with E-state index in [2.05, 4.69) is 0 Å². The van der Waals surface area contributed by atoms with Gasteiger partial charge < -0.3 is 14.6 Å². The van der Waals surface area contributed by atoms with Gasteiger partial charge in [-0.2, -0.15) is 4.31 Å². The zero-order valence-electron chi connectivity index (χ0n) is 10.4. The molecule has 0 amide bonds. The summed E-state index contributed by atoms with van der Waals surface area (Å²) in [7, 11) is -2.40. The number of aliphatic carboxylic acids is 1. The third-order valence-electron chi connectivity index (χ3n) is 3.12. The van der Waals surface area contributed by atoms with Gasteiger partial charge in [0, 0.05) is 12.6 Å². The van der Waals surface area contributed by atoms with Crippen LogP contribution in [0.25, 0.3) is 0 Å². The molecule has 6 nitrogen and oxygen atoms in total. The highest BCUT2D eigenvalue weighted by Gasteiger charge is 2.36. The summed E-state index contributed by atoms with van der Waals surface area (Å²) in [5, 5.41) is 11.0. The maximum atomic E-state index is 12.4. The maximum Gasteiger partial charge on any atom is 0.243 e. The highest BCUT2D eigenvalue weighted by molar-refractivity contribution is 7.89. The van der Waals surface area contributed by atoms with Gasteiger partial charge in [-0.05, 0) is 25.0 Å². The van der Waals surface area contributed by atoms with Gasteiger partial charge in [0.2, 0.25) is 10.0 Å². The summed E-state index contributed by atoms with van der Waals surface area (Å²) in [5.74, 6) is -0.950. The van der Waals surface area contributed by atoms with E-state index in [1.807, 2.05) is 0 Å². The molecule has 1 aromatic carbocycles. The number of hydrogen-bond donors (Lipinski definition) is 0. The van der Waals surface area contributed by atoms with E-state index < -0.39 is 22.0 Å². The first kappa shape index (κ1) is 13.8. The molecule has 1 saturated heterocycles. The van der Waals surface area contributed by atoms with Crippen molar-refractivity contribution in [2.24, 2.45) is 0 Å². The molecule has 1 heterocycles. The number of methoxy groups -OCH3 is 1. The fourth-order valence-electron chi connectivity index (χ4n) is 2.16.